The van der Waals surface area contributed by atoms with Crippen LogP contribution in [0.3, 0.4) is 0 Å². The maximum Gasteiger partial charge on any atom is 0.142 e. The van der Waals surface area contributed by atoms with Gasteiger partial charge in [0, 0.05) is 23.7 Å². The predicted octanol–water partition coefficient (Wildman–Crippen LogP) is 4.02. The van der Waals surface area contributed by atoms with E-state index in [1.165, 1.54) is 0 Å². The van der Waals surface area contributed by atoms with Crippen LogP contribution < -0.4 is 10.1 Å². The van der Waals surface area contributed by atoms with Crippen LogP contribution in [0.15, 0.2) is 18.2 Å². The average Bonchev–Trinajstić information content (AvgIpc) is 2.42. The van der Waals surface area contributed by atoms with Gasteiger partial charge in [0.15, 0.2) is 0 Å². The highest BCUT2D eigenvalue weighted by Crippen LogP contribution is 2.30. The Morgan fingerprint density at radius 3 is 2.95 bits per heavy atom. The number of halogens is 1. The Balaban J connectivity index is 2.05. The SMILES string of the molecule is CCCOc1ccc(Cl)cc1NC1CCN(C)C(C)C1. The van der Waals surface area contributed by atoms with Crippen LogP contribution in [0.5, 0.6) is 5.75 Å². The van der Waals surface area contributed by atoms with Gasteiger partial charge in [-0.1, -0.05) is 18.5 Å². The summed E-state index contributed by atoms with van der Waals surface area (Å²) in [5.74, 6) is 0.905. The lowest BCUT2D eigenvalue weighted by atomic mass is 9.98. The van der Waals surface area contributed by atoms with E-state index in [1.54, 1.807) is 0 Å². The minimum absolute atomic E-state index is 0.489. The second-order valence-corrected chi connectivity index (χ2v) is 6.12. The molecule has 0 aliphatic carbocycles. The third kappa shape index (κ3) is 4.03. The van der Waals surface area contributed by atoms with Crippen molar-refractivity contribution in [3.63, 3.8) is 0 Å². The van der Waals surface area contributed by atoms with Crippen molar-refractivity contribution in [3.05, 3.63) is 23.2 Å². The minimum atomic E-state index is 0.489. The Labute approximate surface area is 127 Å². The van der Waals surface area contributed by atoms with Crippen molar-refractivity contribution in [1.82, 2.24) is 4.90 Å². The molecule has 112 valence electrons. The maximum absolute atomic E-state index is 6.12. The van der Waals surface area contributed by atoms with E-state index in [1.807, 2.05) is 18.2 Å². The van der Waals surface area contributed by atoms with Gasteiger partial charge in [0.2, 0.25) is 0 Å². The van der Waals surface area contributed by atoms with E-state index in [9.17, 15) is 0 Å². The van der Waals surface area contributed by atoms with E-state index in [2.05, 4.69) is 31.1 Å². The van der Waals surface area contributed by atoms with Gasteiger partial charge in [0.1, 0.15) is 5.75 Å². The van der Waals surface area contributed by atoms with Crippen molar-refractivity contribution in [2.45, 2.75) is 45.2 Å². The highest BCUT2D eigenvalue weighted by atomic mass is 35.5. The number of likely N-dealkylation sites (tertiary alicyclic amines) is 1. The molecule has 1 saturated heterocycles. The number of benzene rings is 1. The van der Waals surface area contributed by atoms with E-state index in [0.717, 1.165) is 48.9 Å². The minimum Gasteiger partial charge on any atom is -0.491 e. The second-order valence-electron chi connectivity index (χ2n) is 5.68. The lowest BCUT2D eigenvalue weighted by molar-refractivity contribution is 0.190. The van der Waals surface area contributed by atoms with Gasteiger partial charge in [-0.3, -0.25) is 0 Å². The molecule has 1 aromatic carbocycles. The number of rotatable bonds is 5. The summed E-state index contributed by atoms with van der Waals surface area (Å²) in [6.07, 6.45) is 3.31. The molecule has 1 aromatic rings. The summed E-state index contributed by atoms with van der Waals surface area (Å²) < 4.78 is 5.80. The van der Waals surface area contributed by atoms with Crippen LogP contribution in [-0.2, 0) is 0 Å². The topological polar surface area (TPSA) is 24.5 Å². The van der Waals surface area contributed by atoms with Gasteiger partial charge in [-0.15, -0.1) is 0 Å². The summed E-state index contributed by atoms with van der Waals surface area (Å²) in [6.45, 7) is 6.26. The number of ether oxygens (including phenoxy) is 1. The molecule has 0 amide bonds. The molecule has 0 saturated carbocycles. The smallest absolute Gasteiger partial charge is 0.142 e. The Morgan fingerprint density at radius 2 is 2.25 bits per heavy atom. The molecule has 1 aliphatic rings. The van der Waals surface area contributed by atoms with Crippen molar-refractivity contribution < 1.29 is 4.74 Å². The number of piperidine rings is 1. The zero-order chi connectivity index (χ0) is 14.5. The van der Waals surface area contributed by atoms with Crippen molar-refractivity contribution in [2.75, 3.05) is 25.5 Å². The average molecular weight is 297 g/mol. The van der Waals surface area contributed by atoms with E-state index in [-0.39, 0.29) is 0 Å². The third-order valence-corrected chi connectivity index (χ3v) is 4.21. The highest BCUT2D eigenvalue weighted by Gasteiger charge is 2.23. The fourth-order valence-corrected chi connectivity index (χ4v) is 2.77. The largest absolute Gasteiger partial charge is 0.491 e. The molecule has 1 fully saturated rings. The van der Waals surface area contributed by atoms with E-state index < -0.39 is 0 Å². The fourth-order valence-electron chi connectivity index (χ4n) is 2.59. The van der Waals surface area contributed by atoms with Crippen LogP contribution in [0.25, 0.3) is 0 Å². The summed E-state index contributed by atoms with van der Waals surface area (Å²) in [4.78, 5) is 2.41. The molecule has 0 radical (unpaired) electrons. The quantitative estimate of drug-likeness (QED) is 0.888. The molecule has 0 bridgehead atoms. The van der Waals surface area contributed by atoms with Gasteiger partial charge in [0.25, 0.3) is 0 Å². The molecular weight excluding hydrogens is 272 g/mol. The van der Waals surface area contributed by atoms with Crippen molar-refractivity contribution in [3.8, 4) is 5.75 Å². The van der Waals surface area contributed by atoms with Crippen LogP contribution >= 0.6 is 11.6 Å². The molecule has 1 aliphatic heterocycles. The standard InChI is InChI=1S/C16H25ClN2O/c1-4-9-20-16-6-5-13(17)11-15(16)18-14-7-8-19(3)12(2)10-14/h5-6,11-12,14,18H,4,7-10H2,1-3H3. The van der Waals surface area contributed by atoms with Crippen LogP contribution in [0.4, 0.5) is 5.69 Å². The number of nitrogens with zero attached hydrogens (tertiary/aromatic N) is 1. The van der Waals surface area contributed by atoms with Gasteiger partial charge >= 0.3 is 0 Å². The summed E-state index contributed by atoms with van der Waals surface area (Å²) in [6, 6.07) is 6.91. The zero-order valence-corrected chi connectivity index (χ0v) is 13.4. The Hall–Kier alpha value is -0.930. The van der Waals surface area contributed by atoms with Gasteiger partial charge in [-0.25, -0.2) is 0 Å². The summed E-state index contributed by atoms with van der Waals surface area (Å²) >= 11 is 6.12. The van der Waals surface area contributed by atoms with Crippen LogP contribution in [0.1, 0.15) is 33.1 Å². The van der Waals surface area contributed by atoms with Crippen LogP contribution in [0, 0.1) is 0 Å². The molecule has 1 heterocycles. The normalized spacial score (nSPS) is 23.6. The van der Waals surface area contributed by atoms with Crippen LogP contribution in [-0.4, -0.2) is 37.2 Å². The van der Waals surface area contributed by atoms with Crippen molar-refractivity contribution >= 4 is 17.3 Å². The first-order valence-corrected chi connectivity index (χ1v) is 7.87. The first-order valence-electron chi connectivity index (χ1n) is 7.49. The van der Waals surface area contributed by atoms with Gasteiger partial charge < -0.3 is 15.0 Å². The Morgan fingerprint density at radius 1 is 1.45 bits per heavy atom. The molecule has 2 unspecified atom stereocenters. The molecule has 2 atom stereocenters. The maximum atomic E-state index is 6.12. The summed E-state index contributed by atoms with van der Waals surface area (Å²) in [7, 11) is 2.19. The Bertz CT molecular complexity index is 438. The first-order chi connectivity index (χ1) is 9.60. The van der Waals surface area contributed by atoms with E-state index >= 15 is 0 Å². The Kier molecular flexibility index (Phi) is 5.55. The lowest BCUT2D eigenvalue weighted by Crippen LogP contribution is -2.42. The second kappa shape index (κ2) is 7.19. The van der Waals surface area contributed by atoms with Crippen molar-refractivity contribution in [2.24, 2.45) is 0 Å². The number of nitrogens with one attached hydrogen (secondary N) is 1. The van der Waals surface area contributed by atoms with E-state index in [4.69, 9.17) is 16.3 Å². The van der Waals surface area contributed by atoms with Gasteiger partial charge in [-0.05, 0) is 51.4 Å². The van der Waals surface area contributed by atoms with Crippen LogP contribution in [0.2, 0.25) is 5.02 Å². The summed E-state index contributed by atoms with van der Waals surface area (Å²) in [5, 5.41) is 4.36. The molecule has 0 spiro atoms. The molecule has 0 aromatic heterocycles. The highest BCUT2D eigenvalue weighted by molar-refractivity contribution is 6.30. The number of hydrogen-bond acceptors (Lipinski definition) is 3. The summed E-state index contributed by atoms with van der Waals surface area (Å²) in [5.41, 5.74) is 1.02. The fraction of sp³-hybridized carbons (Fsp3) is 0.625. The third-order valence-electron chi connectivity index (χ3n) is 3.97. The van der Waals surface area contributed by atoms with E-state index in [0.29, 0.717) is 12.1 Å². The first kappa shape index (κ1) is 15.5. The molecule has 3 nitrogen and oxygen atoms in total. The number of anilines is 1. The molecule has 20 heavy (non-hydrogen) atoms. The van der Waals surface area contributed by atoms with Crippen molar-refractivity contribution in [1.29, 1.82) is 0 Å². The lowest BCUT2D eigenvalue weighted by Gasteiger charge is -2.36. The van der Waals surface area contributed by atoms with Gasteiger partial charge in [-0.2, -0.15) is 0 Å². The number of hydrogen-bond donors (Lipinski definition) is 1. The molecular formula is C16H25ClN2O. The monoisotopic (exact) mass is 296 g/mol. The predicted molar refractivity (Wildman–Crippen MR) is 86.0 cm³/mol. The molecule has 4 heteroatoms. The zero-order valence-electron chi connectivity index (χ0n) is 12.7. The van der Waals surface area contributed by atoms with Gasteiger partial charge in [0.05, 0.1) is 12.3 Å². The molecule has 1 N–H and O–H groups in total. The molecule has 2 rings (SSSR count).